The van der Waals surface area contributed by atoms with Crippen molar-refractivity contribution in [2.75, 3.05) is 0 Å². The average molecular weight is 126 g/mol. The van der Waals surface area contributed by atoms with Gasteiger partial charge in [0, 0.05) is 12.8 Å². The Morgan fingerprint density at radius 3 is 1.75 bits per heavy atom. The second-order valence-electron chi connectivity index (χ2n) is 1.45. The molecule has 50 valence electrons. The Hall–Kier alpha value is -0.220. The van der Waals surface area contributed by atoms with Crippen LogP contribution < -0.4 is 0 Å². The van der Waals surface area contributed by atoms with Crippen molar-refractivity contribution in [3.05, 3.63) is 0 Å². The van der Waals surface area contributed by atoms with E-state index in [-0.39, 0.29) is 6.42 Å². The van der Waals surface area contributed by atoms with Gasteiger partial charge in [-0.3, -0.25) is 0 Å². The number of hydrogen-bond acceptors (Lipinski definition) is 2. The van der Waals surface area contributed by atoms with Gasteiger partial charge in [-0.1, -0.05) is 0 Å². The Morgan fingerprint density at radius 1 is 1.12 bits per heavy atom. The first kappa shape index (κ1) is 7.78. The Labute approximate surface area is 45.8 Å². The second kappa shape index (κ2) is 3.74. The summed E-state index contributed by atoms with van der Waals surface area (Å²) in [5, 5.41) is 16.0. The standard InChI is InChI=1S/C4H8F2O2/c5-3(6)1-2-4(7)8/h3-4,7-8H,1-2H2. The molecule has 0 aromatic carbocycles. The second-order valence-corrected chi connectivity index (χ2v) is 1.45. The van der Waals surface area contributed by atoms with E-state index in [9.17, 15) is 8.78 Å². The lowest BCUT2D eigenvalue weighted by atomic mass is 10.3. The minimum absolute atomic E-state index is 0.252. The van der Waals surface area contributed by atoms with E-state index in [0.29, 0.717) is 0 Å². The third kappa shape index (κ3) is 5.78. The molecule has 0 heterocycles. The smallest absolute Gasteiger partial charge is 0.238 e. The fourth-order valence-electron chi connectivity index (χ4n) is 0.275. The lowest BCUT2D eigenvalue weighted by Crippen LogP contribution is -2.05. The van der Waals surface area contributed by atoms with Crippen molar-refractivity contribution in [3.63, 3.8) is 0 Å². The van der Waals surface area contributed by atoms with Crippen LogP contribution >= 0.6 is 0 Å². The number of alkyl halides is 2. The molecule has 0 aliphatic carbocycles. The van der Waals surface area contributed by atoms with E-state index in [1.165, 1.54) is 0 Å². The maximum atomic E-state index is 11.2. The van der Waals surface area contributed by atoms with E-state index in [1.807, 2.05) is 0 Å². The van der Waals surface area contributed by atoms with Crippen LogP contribution in [0, 0.1) is 0 Å². The number of aliphatic hydroxyl groups is 2. The van der Waals surface area contributed by atoms with Crippen molar-refractivity contribution in [2.24, 2.45) is 0 Å². The fourth-order valence-corrected chi connectivity index (χ4v) is 0.275. The third-order valence-electron chi connectivity index (χ3n) is 0.643. The summed E-state index contributed by atoms with van der Waals surface area (Å²) in [6.07, 6.45) is -4.73. The van der Waals surface area contributed by atoms with Gasteiger partial charge in [0.1, 0.15) is 0 Å². The normalized spacial score (nSPS) is 11.2. The van der Waals surface area contributed by atoms with Crippen LogP contribution in [0.1, 0.15) is 12.8 Å². The highest BCUT2D eigenvalue weighted by Crippen LogP contribution is 2.03. The Balaban J connectivity index is 2.93. The number of rotatable bonds is 3. The first-order valence-corrected chi connectivity index (χ1v) is 2.27. The Morgan fingerprint density at radius 2 is 1.62 bits per heavy atom. The minimum atomic E-state index is -2.43. The van der Waals surface area contributed by atoms with Gasteiger partial charge in [-0.05, 0) is 0 Å². The van der Waals surface area contributed by atoms with Gasteiger partial charge in [0.25, 0.3) is 0 Å². The zero-order valence-corrected chi connectivity index (χ0v) is 4.22. The largest absolute Gasteiger partial charge is 0.368 e. The molecule has 2 N–H and O–H groups in total. The molecule has 0 saturated carbocycles. The van der Waals surface area contributed by atoms with Gasteiger partial charge >= 0.3 is 0 Å². The molecule has 8 heavy (non-hydrogen) atoms. The summed E-state index contributed by atoms with van der Waals surface area (Å²) in [7, 11) is 0. The highest BCUT2D eigenvalue weighted by molar-refractivity contribution is 4.42. The van der Waals surface area contributed by atoms with Gasteiger partial charge in [0.2, 0.25) is 6.43 Å². The fraction of sp³-hybridized carbons (Fsp3) is 1.00. The van der Waals surface area contributed by atoms with Crippen LogP contribution in [-0.2, 0) is 0 Å². The van der Waals surface area contributed by atoms with Crippen molar-refractivity contribution in [2.45, 2.75) is 25.6 Å². The van der Waals surface area contributed by atoms with Gasteiger partial charge in [-0.2, -0.15) is 0 Å². The van der Waals surface area contributed by atoms with E-state index in [1.54, 1.807) is 0 Å². The zero-order valence-electron chi connectivity index (χ0n) is 4.22. The van der Waals surface area contributed by atoms with E-state index in [4.69, 9.17) is 10.2 Å². The van der Waals surface area contributed by atoms with Crippen molar-refractivity contribution in [1.29, 1.82) is 0 Å². The van der Waals surface area contributed by atoms with E-state index in [2.05, 4.69) is 0 Å². The van der Waals surface area contributed by atoms with Crippen molar-refractivity contribution in [1.82, 2.24) is 0 Å². The van der Waals surface area contributed by atoms with Gasteiger partial charge < -0.3 is 10.2 Å². The molecular weight excluding hydrogens is 118 g/mol. The highest BCUT2D eigenvalue weighted by Gasteiger charge is 2.04. The SMILES string of the molecule is OC(O)CCC(F)F. The molecule has 0 aromatic rings. The van der Waals surface area contributed by atoms with Crippen LogP contribution in [0.15, 0.2) is 0 Å². The molecule has 0 saturated heterocycles. The Bertz CT molecular complexity index is 48.0. The summed E-state index contributed by atoms with van der Waals surface area (Å²) >= 11 is 0. The van der Waals surface area contributed by atoms with Gasteiger partial charge in [-0.15, -0.1) is 0 Å². The number of aliphatic hydroxyl groups excluding tert-OH is 1. The highest BCUT2D eigenvalue weighted by atomic mass is 19.3. The van der Waals surface area contributed by atoms with Crippen LogP contribution in [0.2, 0.25) is 0 Å². The summed E-state index contributed by atoms with van der Waals surface area (Å²) < 4.78 is 22.3. The topological polar surface area (TPSA) is 40.5 Å². The zero-order chi connectivity index (χ0) is 6.57. The van der Waals surface area contributed by atoms with Gasteiger partial charge in [-0.25, -0.2) is 8.78 Å². The molecule has 0 unspecified atom stereocenters. The monoisotopic (exact) mass is 126 g/mol. The molecule has 0 bridgehead atoms. The summed E-state index contributed by atoms with van der Waals surface area (Å²) in [6.45, 7) is 0. The van der Waals surface area contributed by atoms with Gasteiger partial charge in [0.15, 0.2) is 6.29 Å². The third-order valence-corrected chi connectivity index (χ3v) is 0.643. The molecule has 0 spiro atoms. The molecule has 0 aliphatic heterocycles. The van der Waals surface area contributed by atoms with Crippen LogP contribution in [-0.4, -0.2) is 22.9 Å². The molecule has 4 heteroatoms. The lowest BCUT2D eigenvalue weighted by molar-refractivity contribution is -0.0553. The maximum absolute atomic E-state index is 11.2. The first-order chi connectivity index (χ1) is 3.63. The molecule has 0 amide bonds. The van der Waals surface area contributed by atoms with Gasteiger partial charge in [0.05, 0.1) is 0 Å². The summed E-state index contributed by atoms with van der Waals surface area (Å²) in [6, 6.07) is 0. The summed E-state index contributed by atoms with van der Waals surface area (Å²) in [5.41, 5.74) is 0. The van der Waals surface area contributed by atoms with E-state index in [0.717, 1.165) is 0 Å². The molecule has 0 rings (SSSR count). The average Bonchev–Trinajstić information content (AvgIpc) is 1.61. The number of halogens is 2. The Kier molecular flexibility index (Phi) is 3.64. The maximum Gasteiger partial charge on any atom is 0.238 e. The number of hydrogen-bond donors (Lipinski definition) is 2. The van der Waals surface area contributed by atoms with Crippen LogP contribution in [0.5, 0.6) is 0 Å². The molecule has 2 nitrogen and oxygen atoms in total. The van der Waals surface area contributed by atoms with Crippen LogP contribution in [0.4, 0.5) is 8.78 Å². The lowest BCUT2D eigenvalue weighted by Gasteiger charge is -1.99. The molecule has 0 atom stereocenters. The van der Waals surface area contributed by atoms with Crippen molar-refractivity contribution < 1.29 is 19.0 Å². The van der Waals surface area contributed by atoms with E-state index >= 15 is 0 Å². The molecule has 0 radical (unpaired) electrons. The minimum Gasteiger partial charge on any atom is -0.368 e. The predicted molar refractivity (Wildman–Crippen MR) is 23.5 cm³/mol. The summed E-state index contributed by atoms with van der Waals surface area (Å²) in [5.74, 6) is 0. The predicted octanol–water partition coefficient (Wildman–Crippen LogP) is 0.342. The molecular formula is C4H8F2O2. The summed E-state index contributed by atoms with van der Waals surface area (Å²) in [4.78, 5) is 0. The molecule has 0 fully saturated rings. The van der Waals surface area contributed by atoms with Crippen molar-refractivity contribution >= 4 is 0 Å². The van der Waals surface area contributed by atoms with Crippen LogP contribution in [0.25, 0.3) is 0 Å². The molecule has 0 aromatic heterocycles. The van der Waals surface area contributed by atoms with Crippen LogP contribution in [0.3, 0.4) is 0 Å². The first-order valence-electron chi connectivity index (χ1n) is 2.27. The van der Waals surface area contributed by atoms with E-state index < -0.39 is 19.1 Å². The quantitative estimate of drug-likeness (QED) is 0.535. The molecule has 0 aliphatic rings. The van der Waals surface area contributed by atoms with Crippen molar-refractivity contribution in [3.8, 4) is 0 Å².